The zero-order valence-corrected chi connectivity index (χ0v) is 15.2. The molecule has 0 saturated carbocycles. The molecule has 0 aliphatic rings. The molecule has 0 spiro atoms. The van der Waals surface area contributed by atoms with Crippen molar-refractivity contribution in [2.75, 3.05) is 18.2 Å². The highest BCUT2D eigenvalue weighted by Crippen LogP contribution is 2.16. The van der Waals surface area contributed by atoms with Crippen LogP contribution in [0.25, 0.3) is 0 Å². The first kappa shape index (κ1) is 18.7. The quantitative estimate of drug-likeness (QED) is 0.568. The fraction of sp³-hybridized carbons (Fsp3) is 0.421. The normalized spacial score (nSPS) is 11.8. The van der Waals surface area contributed by atoms with Gasteiger partial charge in [-0.15, -0.1) is 0 Å². The summed E-state index contributed by atoms with van der Waals surface area (Å²) in [6.07, 6.45) is 5.40. The Morgan fingerprint density at radius 1 is 1.40 bits per heavy atom. The molecule has 3 N–H and O–H groups in total. The highest BCUT2D eigenvalue weighted by atomic mass is 16.5. The lowest BCUT2D eigenvalue weighted by Crippen LogP contribution is -2.38. The molecule has 0 aliphatic heterocycles. The van der Waals surface area contributed by atoms with Crippen LogP contribution in [0.3, 0.4) is 0 Å². The summed E-state index contributed by atoms with van der Waals surface area (Å²) in [6.45, 7) is 5.34. The van der Waals surface area contributed by atoms with Gasteiger partial charge in [-0.3, -0.25) is 5.73 Å². The van der Waals surface area contributed by atoms with Crippen LogP contribution < -0.4 is 15.6 Å². The Hall–Kier alpha value is -2.63. The number of esters is 1. The summed E-state index contributed by atoms with van der Waals surface area (Å²) in [7, 11) is 1.36. The Morgan fingerprint density at radius 2 is 2.20 bits per heavy atom. The zero-order chi connectivity index (χ0) is 18.2. The lowest BCUT2D eigenvalue weighted by atomic mass is 10.0. The number of carbonyl (C=O) groups is 1. The summed E-state index contributed by atoms with van der Waals surface area (Å²) < 4.78 is 6.69. The molecular weight excluding hydrogens is 316 g/mol. The number of nitrogens with zero attached hydrogens (tertiary/aromatic N) is 2. The molecule has 6 heteroatoms. The smallest absolute Gasteiger partial charge is 0.391 e. The second-order valence-corrected chi connectivity index (χ2v) is 6.22. The van der Waals surface area contributed by atoms with E-state index >= 15 is 0 Å². The van der Waals surface area contributed by atoms with Crippen molar-refractivity contribution < 1.29 is 14.1 Å². The number of benzene rings is 1. The number of nitrogen functional groups attached to an aromatic ring is 1. The molecule has 1 unspecified atom stereocenters. The van der Waals surface area contributed by atoms with Crippen molar-refractivity contribution in [2.24, 2.45) is 5.92 Å². The van der Waals surface area contributed by atoms with Gasteiger partial charge in [-0.05, 0) is 37.0 Å². The molecule has 1 atom stereocenters. The number of anilines is 3. The summed E-state index contributed by atoms with van der Waals surface area (Å²) >= 11 is 0. The standard InChI is InChI=1S/C19H26N4O2/c1-4-14(2)7-6-11-23-12-10-17(22-19(23)20)21-16-9-5-8-15(13-16)18(24)25-3/h5,8-10,12-14H,4,6-7,11H2,1-3H3,(H2,20,21,22)/p+1. The molecule has 0 aliphatic carbocycles. The molecule has 2 rings (SSSR count). The zero-order valence-electron chi connectivity index (χ0n) is 15.2. The molecule has 1 heterocycles. The van der Waals surface area contributed by atoms with Crippen molar-refractivity contribution >= 4 is 23.4 Å². The minimum absolute atomic E-state index is 0.372. The van der Waals surface area contributed by atoms with Gasteiger partial charge in [-0.2, -0.15) is 0 Å². The fourth-order valence-electron chi connectivity index (χ4n) is 2.52. The SMILES string of the molecule is CCC(C)CCC[n+]1ccc(Nc2cccc(C(=O)OC)c2)nc1N. The van der Waals surface area contributed by atoms with Gasteiger partial charge in [0.05, 0.1) is 25.4 Å². The third kappa shape index (κ3) is 5.45. The monoisotopic (exact) mass is 343 g/mol. The van der Waals surface area contributed by atoms with E-state index in [1.165, 1.54) is 20.0 Å². The predicted molar refractivity (Wildman–Crippen MR) is 98.6 cm³/mol. The van der Waals surface area contributed by atoms with Gasteiger partial charge in [0, 0.05) is 11.8 Å². The van der Waals surface area contributed by atoms with E-state index in [4.69, 9.17) is 10.5 Å². The predicted octanol–water partition coefficient (Wildman–Crippen LogP) is 3.31. The molecule has 1 aromatic heterocycles. The van der Waals surface area contributed by atoms with E-state index in [2.05, 4.69) is 24.1 Å². The van der Waals surface area contributed by atoms with Crippen LogP contribution in [0.5, 0.6) is 0 Å². The average molecular weight is 343 g/mol. The fourth-order valence-corrected chi connectivity index (χ4v) is 2.52. The van der Waals surface area contributed by atoms with Crippen molar-refractivity contribution in [3.05, 3.63) is 42.1 Å². The Bertz CT molecular complexity index is 718. The van der Waals surface area contributed by atoms with Crippen molar-refractivity contribution in [2.45, 2.75) is 39.7 Å². The van der Waals surface area contributed by atoms with Crippen LogP contribution >= 0.6 is 0 Å². The number of carbonyl (C=O) groups excluding carboxylic acids is 1. The molecule has 0 fully saturated rings. The average Bonchev–Trinajstić information content (AvgIpc) is 2.62. The molecule has 0 radical (unpaired) electrons. The van der Waals surface area contributed by atoms with E-state index < -0.39 is 0 Å². The summed E-state index contributed by atoms with van der Waals surface area (Å²) in [6, 6.07) is 8.95. The van der Waals surface area contributed by atoms with E-state index in [0.29, 0.717) is 17.3 Å². The van der Waals surface area contributed by atoms with E-state index in [0.717, 1.165) is 24.6 Å². The van der Waals surface area contributed by atoms with Gasteiger partial charge >= 0.3 is 11.9 Å². The molecule has 2 aromatic rings. The molecule has 0 amide bonds. The van der Waals surface area contributed by atoms with Gasteiger partial charge in [-0.25, -0.2) is 9.36 Å². The Kier molecular flexibility index (Phi) is 6.74. The number of aryl methyl sites for hydroxylation is 1. The van der Waals surface area contributed by atoms with Crippen LogP contribution in [-0.2, 0) is 11.3 Å². The van der Waals surface area contributed by atoms with Crippen LogP contribution in [0.2, 0.25) is 0 Å². The minimum Gasteiger partial charge on any atom is -0.465 e. The number of nitrogens with two attached hydrogens (primary N) is 1. The Morgan fingerprint density at radius 3 is 2.88 bits per heavy atom. The number of hydrogen-bond acceptors (Lipinski definition) is 5. The van der Waals surface area contributed by atoms with Gasteiger partial charge in [0.1, 0.15) is 0 Å². The number of nitrogens with one attached hydrogen (secondary N) is 1. The summed E-state index contributed by atoms with van der Waals surface area (Å²) in [5, 5.41) is 3.16. The van der Waals surface area contributed by atoms with Crippen LogP contribution in [0.15, 0.2) is 36.5 Å². The number of hydrogen-bond donors (Lipinski definition) is 2. The minimum atomic E-state index is -0.372. The highest BCUT2D eigenvalue weighted by molar-refractivity contribution is 5.90. The maximum absolute atomic E-state index is 11.6. The molecular formula is C19H27N4O2+. The topological polar surface area (TPSA) is 81.1 Å². The first-order valence-corrected chi connectivity index (χ1v) is 8.64. The van der Waals surface area contributed by atoms with Crippen molar-refractivity contribution in [3.8, 4) is 0 Å². The van der Waals surface area contributed by atoms with Crippen molar-refractivity contribution in [1.29, 1.82) is 0 Å². The van der Waals surface area contributed by atoms with Gasteiger partial charge in [0.15, 0.2) is 0 Å². The van der Waals surface area contributed by atoms with Crippen LogP contribution in [-0.4, -0.2) is 18.1 Å². The number of rotatable bonds is 8. The van der Waals surface area contributed by atoms with E-state index in [1.54, 1.807) is 18.2 Å². The van der Waals surface area contributed by atoms with Gasteiger partial charge in [-0.1, -0.05) is 31.3 Å². The first-order chi connectivity index (χ1) is 12.0. The number of aromatic nitrogens is 2. The molecule has 134 valence electrons. The Balaban J connectivity index is 2.02. The molecule has 25 heavy (non-hydrogen) atoms. The maximum atomic E-state index is 11.6. The van der Waals surface area contributed by atoms with Gasteiger partial charge in [0.2, 0.25) is 5.82 Å². The summed E-state index contributed by atoms with van der Waals surface area (Å²) in [4.78, 5) is 16.0. The third-order valence-electron chi connectivity index (χ3n) is 4.29. The van der Waals surface area contributed by atoms with E-state index in [1.807, 2.05) is 22.9 Å². The van der Waals surface area contributed by atoms with Crippen LogP contribution in [0.4, 0.5) is 17.5 Å². The molecule has 1 aromatic carbocycles. The first-order valence-electron chi connectivity index (χ1n) is 8.64. The lowest BCUT2D eigenvalue weighted by molar-refractivity contribution is -0.685. The summed E-state index contributed by atoms with van der Waals surface area (Å²) in [5.41, 5.74) is 7.30. The van der Waals surface area contributed by atoms with Crippen molar-refractivity contribution in [1.82, 2.24) is 4.98 Å². The van der Waals surface area contributed by atoms with Gasteiger partial charge < -0.3 is 10.1 Å². The lowest BCUT2D eigenvalue weighted by Gasteiger charge is -2.09. The largest absolute Gasteiger partial charge is 0.465 e. The second kappa shape index (κ2) is 9.01. The Labute approximate surface area is 149 Å². The number of methoxy groups -OCH3 is 1. The van der Waals surface area contributed by atoms with Crippen LogP contribution in [0, 0.1) is 5.92 Å². The third-order valence-corrected chi connectivity index (χ3v) is 4.29. The van der Waals surface area contributed by atoms with Crippen LogP contribution in [0.1, 0.15) is 43.5 Å². The highest BCUT2D eigenvalue weighted by Gasteiger charge is 2.11. The van der Waals surface area contributed by atoms with E-state index in [9.17, 15) is 4.79 Å². The molecule has 0 bridgehead atoms. The molecule has 0 saturated heterocycles. The molecule has 6 nitrogen and oxygen atoms in total. The summed E-state index contributed by atoms with van der Waals surface area (Å²) in [5.74, 6) is 1.47. The van der Waals surface area contributed by atoms with Crippen molar-refractivity contribution in [3.63, 3.8) is 0 Å². The van der Waals surface area contributed by atoms with E-state index in [-0.39, 0.29) is 5.97 Å². The van der Waals surface area contributed by atoms with Gasteiger partial charge in [0.25, 0.3) is 0 Å². The second-order valence-electron chi connectivity index (χ2n) is 6.22. The maximum Gasteiger partial charge on any atom is 0.391 e. The number of ether oxygens (including phenoxy) is 1.